The topological polar surface area (TPSA) is 64.7 Å². The maximum absolute atomic E-state index is 13.1. The van der Waals surface area contributed by atoms with Gasteiger partial charge < -0.3 is 5.32 Å². The van der Waals surface area contributed by atoms with E-state index in [0.717, 1.165) is 48.8 Å². The van der Waals surface area contributed by atoms with Crippen molar-refractivity contribution in [1.82, 2.24) is 19.1 Å². The van der Waals surface area contributed by atoms with Crippen molar-refractivity contribution in [3.63, 3.8) is 0 Å². The molecule has 1 saturated carbocycles. The normalized spacial score (nSPS) is 18.9. The summed E-state index contributed by atoms with van der Waals surface area (Å²) in [6.45, 7) is 3.45. The lowest BCUT2D eigenvalue weighted by Crippen LogP contribution is -2.32. The van der Waals surface area contributed by atoms with E-state index in [4.69, 9.17) is 9.97 Å². The molecule has 0 saturated heterocycles. The first-order valence-electron chi connectivity index (χ1n) is 9.56. The van der Waals surface area contributed by atoms with Crippen LogP contribution >= 0.6 is 0 Å². The SMILES string of the molecule is CCCn1c2nc(C3CC3)nc-2c2n(c1=O)C[C@@H](Cc1ccccc1)N2. The number of benzene rings is 1. The van der Waals surface area contributed by atoms with Crippen LogP contribution in [0.25, 0.3) is 11.5 Å². The quantitative estimate of drug-likeness (QED) is 0.769. The number of aromatic nitrogens is 4. The van der Waals surface area contributed by atoms with E-state index >= 15 is 0 Å². The fraction of sp³-hybridized carbons (Fsp3) is 0.450. The number of nitrogens with one attached hydrogen (secondary N) is 1. The third-order valence-corrected chi connectivity index (χ3v) is 5.33. The van der Waals surface area contributed by atoms with Gasteiger partial charge in [-0.3, -0.25) is 9.13 Å². The molecule has 0 aromatic heterocycles. The molecule has 1 aromatic rings. The van der Waals surface area contributed by atoms with Crippen LogP contribution in [-0.4, -0.2) is 25.1 Å². The van der Waals surface area contributed by atoms with Crippen molar-refractivity contribution in [1.29, 1.82) is 0 Å². The van der Waals surface area contributed by atoms with Gasteiger partial charge >= 0.3 is 5.69 Å². The first-order valence-corrected chi connectivity index (χ1v) is 9.56. The number of imidazole rings is 1. The van der Waals surface area contributed by atoms with E-state index in [1.807, 2.05) is 15.2 Å². The highest BCUT2D eigenvalue weighted by Gasteiger charge is 2.35. The maximum atomic E-state index is 13.1. The van der Waals surface area contributed by atoms with Crippen LogP contribution in [0.4, 0.5) is 5.82 Å². The van der Waals surface area contributed by atoms with Crippen LogP contribution in [0.3, 0.4) is 0 Å². The maximum Gasteiger partial charge on any atom is 0.331 e. The van der Waals surface area contributed by atoms with Crippen LogP contribution in [0.2, 0.25) is 0 Å². The Morgan fingerprint density at radius 1 is 1.19 bits per heavy atom. The average Bonchev–Trinajstić information content (AvgIpc) is 3.27. The lowest BCUT2D eigenvalue weighted by molar-refractivity contribution is 0.560. The summed E-state index contributed by atoms with van der Waals surface area (Å²) in [6, 6.07) is 10.6. The van der Waals surface area contributed by atoms with E-state index < -0.39 is 0 Å². The Hall–Kier alpha value is -2.63. The van der Waals surface area contributed by atoms with Crippen LogP contribution in [-0.2, 0) is 19.5 Å². The summed E-state index contributed by atoms with van der Waals surface area (Å²) in [5.41, 5.74) is 2.16. The van der Waals surface area contributed by atoms with Crippen LogP contribution in [0, 0.1) is 0 Å². The molecule has 0 bridgehead atoms. The highest BCUT2D eigenvalue weighted by molar-refractivity contribution is 5.70. The molecule has 6 heteroatoms. The van der Waals surface area contributed by atoms with E-state index in [1.54, 1.807) is 0 Å². The number of hydrogen-bond donors (Lipinski definition) is 1. The molecule has 1 aromatic carbocycles. The lowest BCUT2D eigenvalue weighted by Gasteiger charge is -2.13. The first kappa shape index (κ1) is 15.6. The van der Waals surface area contributed by atoms with Crippen molar-refractivity contribution >= 4 is 5.82 Å². The van der Waals surface area contributed by atoms with Crippen LogP contribution in [0.15, 0.2) is 35.1 Å². The largest absolute Gasteiger partial charge is 0.365 e. The smallest absolute Gasteiger partial charge is 0.331 e. The number of rotatable bonds is 5. The zero-order valence-electron chi connectivity index (χ0n) is 15.0. The van der Waals surface area contributed by atoms with Gasteiger partial charge in [0.25, 0.3) is 0 Å². The molecule has 5 rings (SSSR count). The third kappa shape index (κ3) is 2.52. The molecular weight excluding hydrogens is 326 g/mol. The fourth-order valence-corrected chi connectivity index (χ4v) is 3.90. The third-order valence-electron chi connectivity index (χ3n) is 5.33. The van der Waals surface area contributed by atoms with E-state index in [0.29, 0.717) is 19.0 Å². The zero-order valence-corrected chi connectivity index (χ0v) is 15.0. The number of hydrogen-bond acceptors (Lipinski definition) is 4. The summed E-state index contributed by atoms with van der Waals surface area (Å²) >= 11 is 0. The summed E-state index contributed by atoms with van der Waals surface area (Å²) in [5, 5.41) is 3.56. The van der Waals surface area contributed by atoms with Crippen molar-refractivity contribution in [3.8, 4) is 11.5 Å². The Bertz CT molecular complexity index is 970. The Kier molecular flexibility index (Phi) is 3.58. The minimum absolute atomic E-state index is 0.0275. The van der Waals surface area contributed by atoms with Crippen molar-refractivity contribution < 1.29 is 0 Å². The monoisotopic (exact) mass is 349 g/mol. The number of anilines is 1. The Morgan fingerprint density at radius 2 is 2.00 bits per heavy atom. The molecule has 0 spiro atoms. The minimum atomic E-state index is 0.0275. The Balaban J connectivity index is 1.56. The van der Waals surface area contributed by atoms with Gasteiger partial charge in [-0.1, -0.05) is 37.3 Å². The van der Waals surface area contributed by atoms with Crippen LogP contribution < -0.4 is 11.0 Å². The molecule has 1 aliphatic carbocycles. The Labute approximate surface area is 152 Å². The molecule has 1 N–H and O–H groups in total. The van der Waals surface area contributed by atoms with Gasteiger partial charge in [-0.25, -0.2) is 14.8 Å². The second kappa shape index (κ2) is 5.97. The number of fused-ring (bicyclic) bond motifs is 3. The van der Waals surface area contributed by atoms with E-state index in [-0.39, 0.29) is 11.7 Å². The molecule has 0 radical (unpaired) electrons. The van der Waals surface area contributed by atoms with Gasteiger partial charge in [-0.05, 0) is 31.2 Å². The van der Waals surface area contributed by atoms with Crippen molar-refractivity contribution in [3.05, 3.63) is 52.2 Å². The van der Waals surface area contributed by atoms with Gasteiger partial charge in [-0.15, -0.1) is 0 Å². The summed E-state index contributed by atoms with van der Waals surface area (Å²) < 4.78 is 3.67. The van der Waals surface area contributed by atoms with Gasteiger partial charge in [-0.2, -0.15) is 0 Å². The second-order valence-electron chi connectivity index (χ2n) is 7.45. The highest BCUT2D eigenvalue weighted by Crippen LogP contribution is 2.41. The van der Waals surface area contributed by atoms with Gasteiger partial charge in [0.15, 0.2) is 5.82 Å². The molecule has 0 amide bonds. The van der Waals surface area contributed by atoms with Gasteiger partial charge in [0.2, 0.25) is 0 Å². The predicted molar refractivity (Wildman–Crippen MR) is 101 cm³/mol. The predicted octanol–water partition coefficient (Wildman–Crippen LogP) is 2.87. The minimum Gasteiger partial charge on any atom is -0.365 e. The first-order chi connectivity index (χ1) is 12.7. The molecule has 3 aliphatic heterocycles. The fourth-order valence-electron chi connectivity index (χ4n) is 3.90. The van der Waals surface area contributed by atoms with E-state index in [2.05, 4.69) is 36.5 Å². The molecule has 0 unspecified atom stereocenters. The molecular formula is C20H23N5O. The molecule has 134 valence electrons. The lowest BCUT2D eigenvalue weighted by atomic mass is 10.1. The Morgan fingerprint density at radius 3 is 2.73 bits per heavy atom. The van der Waals surface area contributed by atoms with E-state index in [9.17, 15) is 4.79 Å². The highest BCUT2D eigenvalue weighted by atomic mass is 16.1. The van der Waals surface area contributed by atoms with Crippen molar-refractivity contribution in [2.24, 2.45) is 0 Å². The second-order valence-corrected chi connectivity index (χ2v) is 7.45. The van der Waals surface area contributed by atoms with Crippen LogP contribution in [0.5, 0.6) is 0 Å². The molecule has 6 nitrogen and oxygen atoms in total. The van der Waals surface area contributed by atoms with Crippen molar-refractivity contribution in [2.45, 2.75) is 57.7 Å². The zero-order chi connectivity index (χ0) is 17.7. The van der Waals surface area contributed by atoms with Gasteiger partial charge in [0.05, 0.1) is 0 Å². The van der Waals surface area contributed by atoms with E-state index in [1.165, 1.54) is 5.56 Å². The molecule has 4 aliphatic rings. The van der Waals surface area contributed by atoms with Gasteiger partial charge in [0.1, 0.15) is 17.3 Å². The molecule has 1 atom stereocenters. The molecule has 26 heavy (non-hydrogen) atoms. The van der Waals surface area contributed by atoms with Crippen molar-refractivity contribution in [2.75, 3.05) is 5.32 Å². The standard InChI is InChI=1S/C20H23N5O/c1-2-10-24-19-16(22-17(23-19)14-8-9-14)18-21-15(12-25(18)20(24)26)11-13-6-4-3-5-7-13/h3-7,14-15,21H,2,8-12H2,1H3/t15-/m1/s1. The van der Waals surface area contributed by atoms with Crippen LogP contribution in [0.1, 0.15) is 43.5 Å². The molecule has 1 fully saturated rings. The summed E-state index contributed by atoms with van der Waals surface area (Å²) in [7, 11) is 0. The summed E-state index contributed by atoms with van der Waals surface area (Å²) in [5.74, 6) is 2.98. The molecule has 3 heterocycles. The summed E-state index contributed by atoms with van der Waals surface area (Å²) in [4.78, 5) is 22.6. The summed E-state index contributed by atoms with van der Waals surface area (Å²) in [6.07, 6.45) is 4.11. The average molecular weight is 349 g/mol. The number of nitrogens with zero attached hydrogens (tertiary/aromatic N) is 4. The van der Waals surface area contributed by atoms with Gasteiger partial charge in [0, 0.05) is 25.0 Å².